The summed E-state index contributed by atoms with van der Waals surface area (Å²) in [7, 11) is 0. The Labute approximate surface area is 93.9 Å². The highest BCUT2D eigenvalue weighted by molar-refractivity contribution is 5.77. The highest BCUT2D eigenvalue weighted by atomic mass is 16.4. The summed E-state index contributed by atoms with van der Waals surface area (Å²) in [4.78, 5) is 11.1. The Morgan fingerprint density at radius 3 is 2.69 bits per heavy atom. The van der Waals surface area contributed by atoms with E-state index in [0.717, 1.165) is 12.8 Å². The van der Waals surface area contributed by atoms with Gasteiger partial charge in [-0.3, -0.25) is 4.79 Å². The summed E-state index contributed by atoms with van der Waals surface area (Å²) in [6.45, 7) is 0.373. The molecule has 1 saturated carbocycles. The van der Waals surface area contributed by atoms with Crippen molar-refractivity contribution in [1.29, 1.82) is 0 Å². The molecule has 0 aliphatic heterocycles. The molecule has 1 aromatic carbocycles. The second-order valence-electron chi connectivity index (χ2n) is 4.13. The molecule has 1 aliphatic rings. The number of phenolic OH excluding ortho intramolecular Hbond substituents is 1. The Morgan fingerprint density at radius 1 is 1.44 bits per heavy atom. The molecule has 1 unspecified atom stereocenters. The van der Waals surface area contributed by atoms with Crippen molar-refractivity contribution in [2.45, 2.75) is 24.8 Å². The van der Waals surface area contributed by atoms with Crippen LogP contribution in [0, 0.1) is 0 Å². The Balaban J connectivity index is 2.11. The number of benzene rings is 1. The Hall–Kier alpha value is -1.55. The average Bonchev–Trinajstić information content (AvgIpc) is 3.04. The van der Waals surface area contributed by atoms with E-state index in [1.54, 1.807) is 18.2 Å². The monoisotopic (exact) mass is 221 g/mol. The van der Waals surface area contributed by atoms with Crippen LogP contribution < -0.4 is 5.32 Å². The first-order valence-corrected chi connectivity index (χ1v) is 5.42. The van der Waals surface area contributed by atoms with E-state index in [9.17, 15) is 9.90 Å². The Morgan fingerprint density at radius 2 is 2.12 bits per heavy atom. The first-order valence-electron chi connectivity index (χ1n) is 5.42. The lowest BCUT2D eigenvalue weighted by atomic mass is 9.98. The predicted octanol–water partition coefficient (Wildman–Crippen LogP) is 1.31. The predicted molar refractivity (Wildman–Crippen MR) is 59.5 cm³/mol. The lowest BCUT2D eigenvalue weighted by Crippen LogP contribution is -2.28. The molecule has 0 spiro atoms. The molecular weight excluding hydrogens is 206 g/mol. The van der Waals surface area contributed by atoms with Crippen LogP contribution in [0.5, 0.6) is 5.75 Å². The number of phenols is 1. The van der Waals surface area contributed by atoms with Crippen LogP contribution in [-0.4, -0.2) is 28.8 Å². The van der Waals surface area contributed by atoms with E-state index in [4.69, 9.17) is 5.11 Å². The molecule has 0 aromatic heterocycles. The van der Waals surface area contributed by atoms with E-state index in [-0.39, 0.29) is 5.75 Å². The number of rotatable bonds is 5. The van der Waals surface area contributed by atoms with Gasteiger partial charge in [0.05, 0.1) is 5.92 Å². The SMILES string of the molecule is O=C(O)C(CNC1CC1)c1ccccc1O. The van der Waals surface area contributed by atoms with Gasteiger partial charge in [0.2, 0.25) is 0 Å². The number of hydrogen-bond acceptors (Lipinski definition) is 3. The molecular formula is C12H15NO3. The van der Waals surface area contributed by atoms with Gasteiger partial charge in [0.25, 0.3) is 0 Å². The zero-order valence-electron chi connectivity index (χ0n) is 8.89. The number of aromatic hydroxyl groups is 1. The fraction of sp³-hybridized carbons (Fsp3) is 0.417. The van der Waals surface area contributed by atoms with Gasteiger partial charge in [-0.15, -0.1) is 0 Å². The molecule has 0 bridgehead atoms. The average molecular weight is 221 g/mol. The fourth-order valence-corrected chi connectivity index (χ4v) is 1.68. The van der Waals surface area contributed by atoms with E-state index >= 15 is 0 Å². The molecule has 1 atom stereocenters. The molecule has 4 nitrogen and oxygen atoms in total. The van der Waals surface area contributed by atoms with E-state index in [2.05, 4.69) is 5.32 Å². The second-order valence-corrected chi connectivity index (χ2v) is 4.13. The molecule has 0 heterocycles. The van der Waals surface area contributed by atoms with Gasteiger partial charge < -0.3 is 15.5 Å². The third-order valence-corrected chi connectivity index (χ3v) is 2.80. The molecule has 2 rings (SSSR count). The van der Waals surface area contributed by atoms with Crippen LogP contribution in [0.3, 0.4) is 0 Å². The van der Waals surface area contributed by atoms with E-state index in [0.29, 0.717) is 18.2 Å². The molecule has 3 N–H and O–H groups in total. The van der Waals surface area contributed by atoms with Crippen molar-refractivity contribution in [2.75, 3.05) is 6.54 Å². The third-order valence-electron chi connectivity index (χ3n) is 2.80. The number of hydrogen-bond donors (Lipinski definition) is 3. The van der Waals surface area contributed by atoms with Gasteiger partial charge >= 0.3 is 5.97 Å². The van der Waals surface area contributed by atoms with Gasteiger partial charge in [0.1, 0.15) is 5.75 Å². The topological polar surface area (TPSA) is 69.6 Å². The number of aliphatic carboxylic acids is 1. The Bertz CT molecular complexity index is 388. The standard InChI is InChI=1S/C12H15NO3/c14-11-4-2-1-3-9(11)10(12(15)16)7-13-8-5-6-8/h1-4,8,10,13-14H,5-7H2,(H,15,16). The summed E-state index contributed by atoms with van der Waals surface area (Å²) in [6, 6.07) is 7.06. The second kappa shape index (κ2) is 4.53. The Kier molecular flexibility index (Phi) is 3.10. The minimum absolute atomic E-state index is 0.0486. The first-order chi connectivity index (χ1) is 7.68. The molecule has 1 aromatic rings. The summed E-state index contributed by atoms with van der Waals surface area (Å²) in [5.74, 6) is -1.54. The molecule has 86 valence electrons. The first kappa shape index (κ1) is 11.0. The van der Waals surface area contributed by atoms with Crippen molar-refractivity contribution >= 4 is 5.97 Å². The summed E-state index contributed by atoms with van der Waals surface area (Å²) >= 11 is 0. The number of carboxylic acid groups (broad SMARTS) is 1. The lowest BCUT2D eigenvalue weighted by Gasteiger charge is -2.14. The van der Waals surface area contributed by atoms with Crippen molar-refractivity contribution < 1.29 is 15.0 Å². The van der Waals surface area contributed by atoms with E-state index in [1.165, 1.54) is 6.07 Å². The highest BCUT2D eigenvalue weighted by Crippen LogP contribution is 2.26. The van der Waals surface area contributed by atoms with Crippen LogP contribution >= 0.6 is 0 Å². The maximum absolute atomic E-state index is 11.1. The molecule has 4 heteroatoms. The van der Waals surface area contributed by atoms with Gasteiger partial charge in [-0.25, -0.2) is 0 Å². The summed E-state index contributed by atoms with van der Waals surface area (Å²) < 4.78 is 0. The molecule has 16 heavy (non-hydrogen) atoms. The van der Waals surface area contributed by atoms with Crippen LogP contribution in [0.15, 0.2) is 24.3 Å². The van der Waals surface area contributed by atoms with Crippen molar-refractivity contribution in [1.82, 2.24) is 5.32 Å². The largest absolute Gasteiger partial charge is 0.508 e. The molecule has 0 amide bonds. The van der Waals surface area contributed by atoms with Crippen molar-refractivity contribution in [2.24, 2.45) is 0 Å². The van der Waals surface area contributed by atoms with Gasteiger partial charge in [-0.05, 0) is 18.9 Å². The normalized spacial score (nSPS) is 17.0. The van der Waals surface area contributed by atoms with Crippen molar-refractivity contribution in [3.05, 3.63) is 29.8 Å². The maximum Gasteiger partial charge on any atom is 0.312 e. The molecule has 0 radical (unpaired) electrons. The lowest BCUT2D eigenvalue weighted by molar-refractivity contribution is -0.138. The highest BCUT2D eigenvalue weighted by Gasteiger charge is 2.26. The van der Waals surface area contributed by atoms with Crippen LogP contribution in [0.25, 0.3) is 0 Å². The maximum atomic E-state index is 11.1. The van der Waals surface area contributed by atoms with Crippen LogP contribution in [0.2, 0.25) is 0 Å². The molecule has 1 fully saturated rings. The number of carboxylic acids is 1. The molecule has 0 saturated heterocycles. The van der Waals surface area contributed by atoms with Crippen LogP contribution in [-0.2, 0) is 4.79 Å². The number of carbonyl (C=O) groups is 1. The smallest absolute Gasteiger partial charge is 0.312 e. The minimum atomic E-state index is -0.908. The van der Waals surface area contributed by atoms with Gasteiger partial charge in [0.15, 0.2) is 0 Å². The summed E-state index contributed by atoms with van der Waals surface area (Å²) in [5, 5.41) is 21.9. The fourth-order valence-electron chi connectivity index (χ4n) is 1.68. The number of nitrogens with one attached hydrogen (secondary N) is 1. The van der Waals surface area contributed by atoms with Crippen molar-refractivity contribution in [3.8, 4) is 5.75 Å². The minimum Gasteiger partial charge on any atom is -0.508 e. The van der Waals surface area contributed by atoms with Crippen LogP contribution in [0.4, 0.5) is 0 Å². The van der Waals surface area contributed by atoms with E-state index in [1.807, 2.05) is 0 Å². The summed E-state index contributed by atoms with van der Waals surface area (Å²) in [5.41, 5.74) is 0.475. The van der Waals surface area contributed by atoms with Crippen molar-refractivity contribution in [3.63, 3.8) is 0 Å². The third kappa shape index (κ3) is 2.52. The van der Waals surface area contributed by atoms with Gasteiger partial charge in [-0.2, -0.15) is 0 Å². The summed E-state index contributed by atoms with van der Waals surface area (Å²) in [6.07, 6.45) is 2.24. The number of para-hydroxylation sites is 1. The molecule has 1 aliphatic carbocycles. The van der Waals surface area contributed by atoms with E-state index < -0.39 is 11.9 Å². The van der Waals surface area contributed by atoms with Gasteiger partial charge in [-0.1, -0.05) is 18.2 Å². The van der Waals surface area contributed by atoms with Crippen LogP contribution in [0.1, 0.15) is 24.3 Å². The van der Waals surface area contributed by atoms with Gasteiger partial charge in [0, 0.05) is 18.2 Å². The quantitative estimate of drug-likeness (QED) is 0.701. The zero-order chi connectivity index (χ0) is 11.5. The zero-order valence-corrected chi connectivity index (χ0v) is 8.89.